The van der Waals surface area contributed by atoms with Gasteiger partial charge in [-0.15, -0.1) is 0 Å². The summed E-state index contributed by atoms with van der Waals surface area (Å²) in [7, 11) is 0. The number of carbonyl (C=O) groups is 2. The van der Waals surface area contributed by atoms with Crippen LogP contribution in [-0.2, 0) is 9.59 Å². The number of carbonyl (C=O) groups excluding carboxylic acids is 2. The van der Waals surface area contributed by atoms with Crippen molar-refractivity contribution in [1.82, 2.24) is 20.2 Å². The van der Waals surface area contributed by atoms with Crippen LogP contribution >= 0.6 is 0 Å². The molecule has 1 aromatic rings. The summed E-state index contributed by atoms with van der Waals surface area (Å²) in [5.74, 6) is 1.83. The minimum Gasteiger partial charge on any atom is -0.353 e. The third-order valence-corrected chi connectivity index (χ3v) is 4.08. The lowest BCUT2D eigenvalue weighted by atomic mass is 10.2. The lowest BCUT2D eigenvalue weighted by Gasteiger charge is -2.36. The Labute approximate surface area is 143 Å². The highest BCUT2D eigenvalue weighted by molar-refractivity contribution is 5.86. The smallest absolute Gasteiger partial charge is 0.244 e. The third kappa shape index (κ3) is 4.43. The first-order valence-electron chi connectivity index (χ1n) is 8.44. The molecule has 7 heteroatoms. The molecule has 2 amide bonds. The van der Waals surface area contributed by atoms with E-state index in [2.05, 4.69) is 34.0 Å². The Balaban J connectivity index is 2.00. The fraction of sp³-hybridized carbons (Fsp3) is 0.647. The minimum atomic E-state index is -0.483. The van der Waals surface area contributed by atoms with Crippen LogP contribution in [0.3, 0.4) is 0 Å². The highest BCUT2D eigenvalue weighted by atomic mass is 16.2. The summed E-state index contributed by atoms with van der Waals surface area (Å²) in [5, 5.41) is 2.65. The summed E-state index contributed by atoms with van der Waals surface area (Å²) in [6.07, 6.45) is 0. The van der Waals surface area contributed by atoms with E-state index < -0.39 is 6.04 Å². The van der Waals surface area contributed by atoms with Gasteiger partial charge in [0.15, 0.2) is 0 Å². The highest BCUT2D eigenvalue weighted by Crippen LogP contribution is 2.18. The predicted octanol–water partition coefficient (Wildman–Crippen LogP) is 1.08. The van der Waals surface area contributed by atoms with Gasteiger partial charge in [-0.2, -0.15) is 0 Å². The minimum absolute atomic E-state index is 0.0356. The average Bonchev–Trinajstić information content (AvgIpc) is 2.53. The van der Waals surface area contributed by atoms with E-state index in [0.717, 1.165) is 30.4 Å². The van der Waals surface area contributed by atoms with Crippen LogP contribution in [0.4, 0.5) is 5.82 Å². The molecule has 0 aliphatic carbocycles. The van der Waals surface area contributed by atoms with Gasteiger partial charge in [0.05, 0.1) is 0 Å². The first-order chi connectivity index (χ1) is 11.3. The fourth-order valence-electron chi connectivity index (χ4n) is 2.79. The lowest BCUT2D eigenvalue weighted by Crippen LogP contribution is -2.54. The lowest BCUT2D eigenvalue weighted by molar-refractivity contribution is -0.135. The van der Waals surface area contributed by atoms with E-state index in [1.807, 2.05) is 13.0 Å². The number of hydrogen-bond donors (Lipinski definition) is 1. The number of hydrogen-bond acceptors (Lipinski definition) is 5. The molecule has 0 aromatic carbocycles. The summed E-state index contributed by atoms with van der Waals surface area (Å²) < 4.78 is 0. The van der Waals surface area contributed by atoms with Gasteiger partial charge in [-0.25, -0.2) is 9.97 Å². The number of rotatable bonds is 4. The second-order valence-electron chi connectivity index (χ2n) is 6.61. The van der Waals surface area contributed by atoms with Crippen molar-refractivity contribution in [3.05, 3.63) is 17.6 Å². The van der Waals surface area contributed by atoms with E-state index in [-0.39, 0.29) is 17.7 Å². The predicted molar refractivity (Wildman–Crippen MR) is 92.9 cm³/mol. The van der Waals surface area contributed by atoms with Crippen molar-refractivity contribution in [2.75, 3.05) is 31.1 Å². The molecule has 1 atom stereocenters. The highest BCUT2D eigenvalue weighted by Gasteiger charge is 2.26. The van der Waals surface area contributed by atoms with Crippen LogP contribution in [0.1, 0.15) is 45.1 Å². The maximum Gasteiger partial charge on any atom is 0.244 e. The molecule has 2 heterocycles. The van der Waals surface area contributed by atoms with Crippen molar-refractivity contribution in [1.29, 1.82) is 0 Å². The molecule has 1 aliphatic heterocycles. The van der Waals surface area contributed by atoms with Crippen LogP contribution in [0.25, 0.3) is 0 Å². The number of anilines is 1. The largest absolute Gasteiger partial charge is 0.353 e. The summed E-state index contributed by atoms with van der Waals surface area (Å²) in [5.41, 5.74) is 0.960. The van der Waals surface area contributed by atoms with Crippen molar-refractivity contribution in [2.24, 2.45) is 0 Å². The maximum absolute atomic E-state index is 12.3. The standard InChI is InChI=1S/C17H27N5O2/c1-11(2)16-18-12(3)10-15(20-16)21-6-8-22(9-7-21)17(24)13(4)19-14(5)23/h10-11,13H,6-9H2,1-5H3,(H,19,23)/t13-/m1/s1. The van der Waals surface area contributed by atoms with Crippen LogP contribution in [0.2, 0.25) is 0 Å². The fourth-order valence-corrected chi connectivity index (χ4v) is 2.79. The van der Waals surface area contributed by atoms with E-state index in [4.69, 9.17) is 0 Å². The van der Waals surface area contributed by atoms with Crippen LogP contribution < -0.4 is 10.2 Å². The Hall–Kier alpha value is -2.18. The molecule has 1 aliphatic rings. The molecule has 0 saturated carbocycles. The van der Waals surface area contributed by atoms with Gasteiger partial charge in [0.2, 0.25) is 11.8 Å². The Bertz CT molecular complexity index is 609. The normalized spacial score (nSPS) is 16.2. The zero-order valence-corrected chi connectivity index (χ0v) is 15.2. The number of amides is 2. The number of piperazine rings is 1. The number of nitrogens with zero attached hydrogens (tertiary/aromatic N) is 4. The SMILES string of the molecule is CC(=O)N[C@H](C)C(=O)N1CCN(c2cc(C)nc(C(C)C)n2)CC1. The van der Waals surface area contributed by atoms with Crippen LogP contribution in [0.15, 0.2) is 6.07 Å². The summed E-state index contributed by atoms with van der Waals surface area (Å²) >= 11 is 0. The zero-order valence-electron chi connectivity index (χ0n) is 15.2. The molecular formula is C17H27N5O2. The Morgan fingerprint density at radius 3 is 2.29 bits per heavy atom. The zero-order chi connectivity index (χ0) is 17.9. The summed E-state index contributed by atoms with van der Waals surface area (Å²) in [6.45, 7) is 12.0. The summed E-state index contributed by atoms with van der Waals surface area (Å²) in [6, 6.07) is 1.51. The second kappa shape index (κ2) is 7.59. The van der Waals surface area contributed by atoms with E-state index in [1.165, 1.54) is 6.92 Å². The maximum atomic E-state index is 12.3. The van der Waals surface area contributed by atoms with Gasteiger partial charge in [-0.3, -0.25) is 9.59 Å². The quantitative estimate of drug-likeness (QED) is 0.892. The Kier molecular flexibility index (Phi) is 5.75. The Morgan fingerprint density at radius 2 is 1.75 bits per heavy atom. The molecule has 2 rings (SSSR count). The van der Waals surface area contributed by atoms with E-state index in [0.29, 0.717) is 13.1 Å². The van der Waals surface area contributed by atoms with Gasteiger partial charge < -0.3 is 15.1 Å². The molecule has 1 aromatic heterocycles. The molecular weight excluding hydrogens is 306 g/mol. The second-order valence-corrected chi connectivity index (χ2v) is 6.61. The molecule has 1 fully saturated rings. The number of nitrogens with one attached hydrogen (secondary N) is 1. The number of aryl methyl sites for hydroxylation is 1. The molecule has 0 bridgehead atoms. The molecule has 132 valence electrons. The van der Waals surface area contributed by atoms with Gasteiger partial charge in [0.1, 0.15) is 17.7 Å². The van der Waals surface area contributed by atoms with Gasteiger partial charge in [0, 0.05) is 50.8 Å². The van der Waals surface area contributed by atoms with Crippen molar-refractivity contribution in [2.45, 2.75) is 46.6 Å². The van der Waals surface area contributed by atoms with Crippen molar-refractivity contribution < 1.29 is 9.59 Å². The molecule has 0 unspecified atom stereocenters. The van der Waals surface area contributed by atoms with Gasteiger partial charge in [-0.1, -0.05) is 13.8 Å². The van der Waals surface area contributed by atoms with Crippen LogP contribution in [0.5, 0.6) is 0 Å². The van der Waals surface area contributed by atoms with Gasteiger partial charge in [-0.05, 0) is 13.8 Å². The topological polar surface area (TPSA) is 78.4 Å². The molecule has 1 N–H and O–H groups in total. The van der Waals surface area contributed by atoms with Crippen molar-refractivity contribution in [3.8, 4) is 0 Å². The monoisotopic (exact) mass is 333 g/mol. The van der Waals surface area contributed by atoms with E-state index in [9.17, 15) is 9.59 Å². The Morgan fingerprint density at radius 1 is 1.12 bits per heavy atom. The third-order valence-electron chi connectivity index (χ3n) is 4.08. The van der Waals surface area contributed by atoms with Gasteiger partial charge >= 0.3 is 0 Å². The first kappa shape index (κ1) is 18.2. The van der Waals surface area contributed by atoms with Crippen LogP contribution in [-0.4, -0.2) is 58.9 Å². The van der Waals surface area contributed by atoms with Crippen molar-refractivity contribution in [3.63, 3.8) is 0 Å². The first-order valence-corrected chi connectivity index (χ1v) is 8.44. The average molecular weight is 333 g/mol. The molecule has 7 nitrogen and oxygen atoms in total. The van der Waals surface area contributed by atoms with Crippen molar-refractivity contribution >= 4 is 17.6 Å². The van der Waals surface area contributed by atoms with Gasteiger partial charge in [0.25, 0.3) is 0 Å². The van der Waals surface area contributed by atoms with E-state index >= 15 is 0 Å². The molecule has 1 saturated heterocycles. The van der Waals surface area contributed by atoms with E-state index in [1.54, 1.807) is 11.8 Å². The number of aromatic nitrogens is 2. The summed E-state index contributed by atoms with van der Waals surface area (Å²) in [4.78, 5) is 36.6. The molecule has 0 radical (unpaired) electrons. The molecule has 0 spiro atoms. The van der Waals surface area contributed by atoms with Crippen LogP contribution in [0, 0.1) is 6.92 Å². The molecule has 24 heavy (non-hydrogen) atoms.